The van der Waals surface area contributed by atoms with Crippen molar-refractivity contribution < 1.29 is 14.3 Å². The molecule has 1 aromatic rings. The molecule has 0 unspecified atom stereocenters. The number of hydrogen-bond donors (Lipinski definition) is 1. The molecule has 15 heavy (non-hydrogen) atoms. The van der Waals surface area contributed by atoms with Crippen LogP contribution < -0.4 is 0 Å². The van der Waals surface area contributed by atoms with Crippen LogP contribution in [0, 0.1) is 5.82 Å². The second-order valence-corrected chi connectivity index (χ2v) is 4.33. The van der Waals surface area contributed by atoms with Gasteiger partial charge in [0, 0.05) is 21.8 Å². The van der Waals surface area contributed by atoms with Gasteiger partial charge >= 0.3 is 0 Å². The van der Waals surface area contributed by atoms with Crippen molar-refractivity contribution in [3.8, 4) is 0 Å². The Bertz CT molecular complexity index is 466. The van der Waals surface area contributed by atoms with Crippen LogP contribution in [0.5, 0.6) is 0 Å². The van der Waals surface area contributed by atoms with E-state index in [1.165, 1.54) is 30.8 Å². The average Bonchev–Trinajstić information content (AvgIpc) is 2.19. The lowest BCUT2D eigenvalue weighted by molar-refractivity contribution is -0.113. The third-order valence-corrected chi connectivity index (χ3v) is 3.38. The number of carbonyl (C=O) groups excluding carboxylic acids is 1. The number of rotatable bonds is 1. The number of ketones is 1. The Morgan fingerprint density at radius 3 is 2.93 bits per heavy atom. The third kappa shape index (κ3) is 1.77. The predicted molar refractivity (Wildman–Crippen MR) is 57.4 cm³/mol. The molecule has 0 saturated heterocycles. The normalized spacial score (nSPS) is 15.1. The highest BCUT2D eigenvalue weighted by Gasteiger charge is 2.21. The maximum atomic E-state index is 13.0. The smallest absolute Gasteiger partial charge is 0.160 e. The fourth-order valence-electron chi connectivity index (χ4n) is 1.46. The van der Waals surface area contributed by atoms with Crippen LogP contribution in [0.25, 0.3) is 5.76 Å². The maximum absolute atomic E-state index is 13.0. The largest absolute Gasteiger partial charge is 0.507 e. The lowest BCUT2D eigenvalue weighted by Gasteiger charge is -2.17. The van der Waals surface area contributed by atoms with Crippen molar-refractivity contribution in [1.82, 2.24) is 0 Å². The molecule has 1 heterocycles. The van der Waals surface area contributed by atoms with E-state index >= 15 is 0 Å². The van der Waals surface area contributed by atoms with E-state index in [4.69, 9.17) is 0 Å². The van der Waals surface area contributed by atoms with E-state index in [0.29, 0.717) is 16.9 Å². The van der Waals surface area contributed by atoms with Gasteiger partial charge in [-0.15, -0.1) is 11.8 Å². The summed E-state index contributed by atoms with van der Waals surface area (Å²) in [5.41, 5.74) is 0.773. The van der Waals surface area contributed by atoms with Crippen LogP contribution in [0.2, 0.25) is 0 Å². The summed E-state index contributed by atoms with van der Waals surface area (Å²) in [6, 6.07) is 4.21. The van der Waals surface area contributed by atoms with E-state index in [-0.39, 0.29) is 11.5 Å². The van der Waals surface area contributed by atoms with E-state index in [1.54, 1.807) is 6.07 Å². The van der Waals surface area contributed by atoms with Gasteiger partial charge in [0.15, 0.2) is 5.78 Å². The van der Waals surface area contributed by atoms with E-state index in [1.807, 2.05) is 0 Å². The van der Waals surface area contributed by atoms with Gasteiger partial charge in [-0.2, -0.15) is 0 Å². The van der Waals surface area contributed by atoms with Crippen molar-refractivity contribution in [2.45, 2.75) is 11.8 Å². The number of aliphatic hydroxyl groups is 1. The van der Waals surface area contributed by atoms with Crippen molar-refractivity contribution in [3.63, 3.8) is 0 Å². The first-order chi connectivity index (χ1) is 7.09. The highest BCUT2D eigenvalue weighted by Crippen LogP contribution is 2.36. The summed E-state index contributed by atoms with van der Waals surface area (Å²) in [7, 11) is 0. The van der Waals surface area contributed by atoms with Crippen molar-refractivity contribution in [1.29, 1.82) is 0 Å². The van der Waals surface area contributed by atoms with Crippen LogP contribution in [-0.4, -0.2) is 16.6 Å². The number of carbonyl (C=O) groups is 1. The molecular weight excluding hydrogens is 215 g/mol. The molecule has 0 bridgehead atoms. The zero-order valence-electron chi connectivity index (χ0n) is 8.08. The van der Waals surface area contributed by atoms with Gasteiger partial charge in [-0.05, 0) is 25.1 Å². The summed E-state index contributed by atoms with van der Waals surface area (Å²) < 4.78 is 13.0. The Morgan fingerprint density at radius 2 is 2.27 bits per heavy atom. The molecule has 4 heteroatoms. The number of hydrogen-bond acceptors (Lipinski definition) is 3. The fraction of sp³-hybridized carbons (Fsp3) is 0.182. The van der Waals surface area contributed by atoms with Crippen LogP contribution in [0.1, 0.15) is 12.5 Å². The molecule has 1 aromatic carbocycles. The van der Waals surface area contributed by atoms with Gasteiger partial charge in [0.05, 0.1) is 0 Å². The molecule has 1 N–H and O–H groups in total. The summed E-state index contributed by atoms with van der Waals surface area (Å²) in [4.78, 5) is 12.0. The maximum Gasteiger partial charge on any atom is 0.160 e. The lowest BCUT2D eigenvalue weighted by atomic mass is 10.1. The molecule has 0 spiro atoms. The molecule has 0 atom stereocenters. The molecule has 0 saturated carbocycles. The van der Waals surface area contributed by atoms with Gasteiger partial charge in [0.1, 0.15) is 11.6 Å². The molecule has 1 aliphatic heterocycles. The van der Waals surface area contributed by atoms with Crippen LogP contribution in [0.4, 0.5) is 4.39 Å². The summed E-state index contributed by atoms with van der Waals surface area (Å²) >= 11 is 1.43. The van der Waals surface area contributed by atoms with Gasteiger partial charge in [-0.1, -0.05) is 0 Å². The van der Waals surface area contributed by atoms with Gasteiger partial charge in [-0.25, -0.2) is 4.39 Å². The highest BCUT2D eigenvalue weighted by molar-refractivity contribution is 7.99. The molecule has 0 radical (unpaired) electrons. The van der Waals surface area contributed by atoms with Crippen LogP contribution in [0.3, 0.4) is 0 Å². The zero-order valence-corrected chi connectivity index (χ0v) is 8.90. The molecule has 1 aliphatic rings. The molecule has 0 aliphatic carbocycles. The number of thioether (sulfide) groups is 1. The monoisotopic (exact) mass is 224 g/mol. The quantitative estimate of drug-likeness (QED) is 0.797. The number of fused-ring (bicyclic) bond motifs is 1. The second-order valence-electron chi connectivity index (χ2n) is 3.31. The Labute approximate surface area is 90.8 Å². The fourth-order valence-corrected chi connectivity index (χ4v) is 2.58. The van der Waals surface area contributed by atoms with Gasteiger partial charge in [0.2, 0.25) is 0 Å². The average molecular weight is 224 g/mol. The first-order valence-corrected chi connectivity index (χ1v) is 5.44. The Kier molecular flexibility index (Phi) is 2.52. The first-order valence-electron chi connectivity index (χ1n) is 4.45. The summed E-state index contributed by atoms with van der Waals surface area (Å²) in [6.07, 6.45) is 0. The summed E-state index contributed by atoms with van der Waals surface area (Å²) in [5, 5.41) is 9.79. The Balaban J connectivity index is 2.59. The van der Waals surface area contributed by atoms with E-state index in [9.17, 15) is 14.3 Å². The van der Waals surface area contributed by atoms with Crippen molar-refractivity contribution >= 4 is 23.3 Å². The molecular formula is C11H9FO2S. The van der Waals surface area contributed by atoms with Crippen molar-refractivity contribution in [2.24, 2.45) is 0 Å². The number of Topliss-reactive ketones (excluding diaryl/α,β-unsaturated/α-hetero) is 1. The summed E-state index contributed by atoms with van der Waals surface area (Å²) in [6.45, 7) is 1.40. The molecule has 0 fully saturated rings. The number of benzene rings is 1. The molecule has 2 rings (SSSR count). The topological polar surface area (TPSA) is 37.3 Å². The minimum Gasteiger partial charge on any atom is -0.507 e. The van der Waals surface area contributed by atoms with E-state index in [0.717, 1.165) is 4.90 Å². The Morgan fingerprint density at radius 1 is 1.53 bits per heavy atom. The van der Waals surface area contributed by atoms with Crippen molar-refractivity contribution in [3.05, 3.63) is 35.2 Å². The minimum atomic E-state index is -0.411. The standard InChI is InChI=1S/C11H9FO2S/c1-6(13)9-5-15-10-3-2-7(12)4-8(10)11(9)14/h2-4,14H,5H2,1H3. The van der Waals surface area contributed by atoms with E-state index in [2.05, 4.69) is 0 Å². The van der Waals surface area contributed by atoms with Crippen LogP contribution in [0.15, 0.2) is 28.7 Å². The minimum absolute atomic E-state index is 0.0873. The van der Waals surface area contributed by atoms with Gasteiger partial charge in [0.25, 0.3) is 0 Å². The predicted octanol–water partition coefficient (Wildman–Crippen LogP) is 2.79. The van der Waals surface area contributed by atoms with Crippen molar-refractivity contribution in [2.75, 3.05) is 5.75 Å². The highest BCUT2D eigenvalue weighted by atomic mass is 32.2. The molecule has 0 amide bonds. The van der Waals surface area contributed by atoms with Gasteiger partial charge < -0.3 is 5.11 Å². The molecule has 78 valence electrons. The zero-order chi connectivity index (χ0) is 11.0. The Hall–Kier alpha value is -1.29. The molecule has 0 aromatic heterocycles. The second kappa shape index (κ2) is 3.70. The lowest BCUT2D eigenvalue weighted by Crippen LogP contribution is -2.09. The van der Waals surface area contributed by atoms with Crippen LogP contribution >= 0.6 is 11.8 Å². The third-order valence-electron chi connectivity index (χ3n) is 2.28. The molecule has 2 nitrogen and oxygen atoms in total. The number of halogens is 1. The first kappa shape index (κ1) is 10.2. The van der Waals surface area contributed by atoms with E-state index < -0.39 is 5.82 Å². The van der Waals surface area contributed by atoms with Crippen LogP contribution in [-0.2, 0) is 4.79 Å². The SMILES string of the molecule is CC(=O)C1=C(O)c2cc(F)ccc2SC1. The van der Waals surface area contributed by atoms with Gasteiger partial charge in [-0.3, -0.25) is 4.79 Å². The number of aliphatic hydroxyl groups excluding tert-OH is 1. The summed E-state index contributed by atoms with van der Waals surface area (Å²) in [5.74, 6) is -0.226.